The van der Waals surface area contributed by atoms with Gasteiger partial charge in [-0.1, -0.05) is 30.1 Å². The molecule has 0 aliphatic heterocycles. The molecule has 20 heavy (non-hydrogen) atoms. The van der Waals surface area contributed by atoms with Gasteiger partial charge in [-0.05, 0) is 43.7 Å². The summed E-state index contributed by atoms with van der Waals surface area (Å²) in [5.41, 5.74) is 0.862. The predicted octanol–water partition coefficient (Wildman–Crippen LogP) is 5.56. The zero-order valence-corrected chi connectivity index (χ0v) is 13.8. The van der Waals surface area contributed by atoms with Gasteiger partial charge in [-0.3, -0.25) is 0 Å². The molecule has 2 nitrogen and oxygen atoms in total. The highest BCUT2D eigenvalue weighted by atomic mass is 35.5. The molecule has 2 aromatic rings. The molecule has 0 amide bonds. The summed E-state index contributed by atoms with van der Waals surface area (Å²) in [5.74, 6) is 1.67. The minimum Gasteiger partial charge on any atom is -0.460 e. The molecular formula is C15H18Cl3NO. The van der Waals surface area contributed by atoms with E-state index < -0.39 is 0 Å². The van der Waals surface area contributed by atoms with Crippen LogP contribution in [-0.2, 0) is 6.54 Å². The molecule has 0 fully saturated rings. The van der Waals surface area contributed by atoms with Gasteiger partial charge in [0.25, 0.3) is 0 Å². The van der Waals surface area contributed by atoms with Crippen molar-refractivity contribution in [3.05, 3.63) is 46.1 Å². The van der Waals surface area contributed by atoms with E-state index in [0.717, 1.165) is 30.0 Å². The lowest BCUT2D eigenvalue weighted by atomic mass is 10.2. The average molecular weight is 335 g/mol. The molecule has 0 bridgehead atoms. The summed E-state index contributed by atoms with van der Waals surface area (Å²) < 4.78 is 5.80. The summed E-state index contributed by atoms with van der Waals surface area (Å²) in [6.45, 7) is 5.03. The molecule has 0 radical (unpaired) electrons. The van der Waals surface area contributed by atoms with Crippen LogP contribution in [0.5, 0.6) is 0 Å². The van der Waals surface area contributed by atoms with Crippen molar-refractivity contribution in [1.29, 1.82) is 0 Å². The third kappa shape index (κ3) is 4.42. The number of hydrogen-bond donors (Lipinski definition) is 1. The Labute approximate surface area is 135 Å². The Morgan fingerprint density at radius 3 is 2.60 bits per heavy atom. The van der Waals surface area contributed by atoms with Gasteiger partial charge >= 0.3 is 0 Å². The standard InChI is InChI=1S/C15H17Cl2NO.ClH/c1-3-10(2)18-9-12-5-7-15(19-12)13-6-4-11(16)8-14(13)17;/h4-8,10,18H,3,9H2,1-2H3;1H. The fourth-order valence-electron chi connectivity index (χ4n) is 1.73. The van der Waals surface area contributed by atoms with Crippen molar-refractivity contribution in [2.45, 2.75) is 32.9 Å². The summed E-state index contributed by atoms with van der Waals surface area (Å²) >= 11 is 12.0. The van der Waals surface area contributed by atoms with Crippen LogP contribution >= 0.6 is 35.6 Å². The molecule has 2 rings (SSSR count). The van der Waals surface area contributed by atoms with Crippen molar-refractivity contribution in [3.8, 4) is 11.3 Å². The second-order valence-corrected chi connectivity index (χ2v) is 5.42. The Balaban J connectivity index is 0.00000200. The van der Waals surface area contributed by atoms with Gasteiger partial charge in [0, 0.05) is 16.6 Å². The Morgan fingerprint density at radius 1 is 1.20 bits per heavy atom. The van der Waals surface area contributed by atoms with Gasteiger partial charge in [0.15, 0.2) is 0 Å². The number of benzene rings is 1. The third-order valence-electron chi connectivity index (χ3n) is 3.10. The number of nitrogens with one attached hydrogen (secondary N) is 1. The van der Waals surface area contributed by atoms with E-state index in [9.17, 15) is 0 Å². The van der Waals surface area contributed by atoms with E-state index in [1.54, 1.807) is 6.07 Å². The Hall–Kier alpha value is -0.670. The Morgan fingerprint density at radius 2 is 1.95 bits per heavy atom. The van der Waals surface area contributed by atoms with E-state index in [1.807, 2.05) is 24.3 Å². The number of rotatable bonds is 5. The van der Waals surface area contributed by atoms with Crippen LogP contribution in [0.4, 0.5) is 0 Å². The molecule has 1 aromatic carbocycles. The lowest BCUT2D eigenvalue weighted by molar-refractivity contribution is 0.457. The summed E-state index contributed by atoms with van der Waals surface area (Å²) in [5, 5.41) is 4.61. The maximum absolute atomic E-state index is 6.16. The molecule has 1 aromatic heterocycles. The molecule has 110 valence electrons. The van der Waals surface area contributed by atoms with Gasteiger partial charge in [0.05, 0.1) is 11.6 Å². The maximum atomic E-state index is 6.16. The van der Waals surface area contributed by atoms with Crippen LogP contribution in [0.2, 0.25) is 10.0 Å². The highest BCUT2D eigenvalue weighted by molar-refractivity contribution is 6.36. The Bertz CT molecular complexity index is 554. The topological polar surface area (TPSA) is 25.2 Å². The second-order valence-electron chi connectivity index (χ2n) is 4.58. The summed E-state index contributed by atoms with van der Waals surface area (Å²) in [6, 6.07) is 9.78. The van der Waals surface area contributed by atoms with Crippen LogP contribution in [0, 0.1) is 0 Å². The van der Waals surface area contributed by atoms with E-state index in [4.69, 9.17) is 27.6 Å². The monoisotopic (exact) mass is 333 g/mol. The molecule has 0 aliphatic rings. The van der Waals surface area contributed by atoms with Gasteiger partial charge in [0.1, 0.15) is 11.5 Å². The molecule has 0 saturated carbocycles. The summed E-state index contributed by atoms with van der Waals surface area (Å²) in [6.07, 6.45) is 1.09. The zero-order valence-electron chi connectivity index (χ0n) is 11.5. The predicted molar refractivity (Wildman–Crippen MR) is 88.0 cm³/mol. The largest absolute Gasteiger partial charge is 0.460 e. The molecule has 0 spiro atoms. The molecule has 0 aliphatic carbocycles. The van der Waals surface area contributed by atoms with E-state index in [-0.39, 0.29) is 12.4 Å². The van der Waals surface area contributed by atoms with Crippen molar-refractivity contribution in [2.75, 3.05) is 0 Å². The van der Waals surface area contributed by atoms with Gasteiger partial charge in [-0.2, -0.15) is 0 Å². The zero-order chi connectivity index (χ0) is 13.8. The summed E-state index contributed by atoms with van der Waals surface area (Å²) in [7, 11) is 0. The fourth-order valence-corrected chi connectivity index (χ4v) is 2.23. The fraction of sp³-hybridized carbons (Fsp3) is 0.333. The minimum absolute atomic E-state index is 0. The first-order chi connectivity index (χ1) is 9.10. The normalized spacial score (nSPS) is 12.0. The molecule has 1 atom stereocenters. The van der Waals surface area contributed by atoms with Crippen LogP contribution in [0.1, 0.15) is 26.0 Å². The van der Waals surface area contributed by atoms with Crippen LogP contribution in [-0.4, -0.2) is 6.04 Å². The molecular weight excluding hydrogens is 317 g/mol. The van der Waals surface area contributed by atoms with Crippen LogP contribution in [0.15, 0.2) is 34.7 Å². The summed E-state index contributed by atoms with van der Waals surface area (Å²) in [4.78, 5) is 0. The number of halogens is 3. The second kappa shape index (κ2) is 7.94. The van der Waals surface area contributed by atoms with Crippen molar-refractivity contribution in [2.24, 2.45) is 0 Å². The highest BCUT2D eigenvalue weighted by Crippen LogP contribution is 2.31. The van der Waals surface area contributed by atoms with Crippen LogP contribution < -0.4 is 5.32 Å². The van der Waals surface area contributed by atoms with Gasteiger partial charge in [-0.25, -0.2) is 0 Å². The van der Waals surface area contributed by atoms with E-state index >= 15 is 0 Å². The molecule has 1 heterocycles. The first kappa shape index (κ1) is 17.4. The maximum Gasteiger partial charge on any atom is 0.135 e. The first-order valence-electron chi connectivity index (χ1n) is 6.37. The van der Waals surface area contributed by atoms with Crippen LogP contribution in [0.3, 0.4) is 0 Å². The molecule has 1 N–H and O–H groups in total. The van der Waals surface area contributed by atoms with Gasteiger partial charge in [-0.15, -0.1) is 12.4 Å². The van der Waals surface area contributed by atoms with E-state index in [2.05, 4.69) is 19.2 Å². The number of furan rings is 1. The van der Waals surface area contributed by atoms with Crippen molar-refractivity contribution in [1.82, 2.24) is 5.32 Å². The van der Waals surface area contributed by atoms with Gasteiger partial charge in [0.2, 0.25) is 0 Å². The van der Waals surface area contributed by atoms with E-state index in [1.165, 1.54) is 0 Å². The number of hydrogen-bond acceptors (Lipinski definition) is 2. The van der Waals surface area contributed by atoms with E-state index in [0.29, 0.717) is 16.1 Å². The smallest absolute Gasteiger partial charge is 0.135 e. The molecule has 1 unspecified atom stereocenters. The lowest BCUT2D eigenvalue weighted by Gasteiger charge is -2.09. The third-order valence-corrected chi connectivity index (χ3v) is 3.64. The first-order valence-corrected chi connectivity index (χ1v) is 7.13. The molecule has 0 saturated heterocycles. The lowest BCUT2D eigenvalue weighted by Crippen LogP contribution is -2.24. The van der Waals surface area contributed by atoms with Crippen LogP contribution in [0.25, 0.3) is 11.3 Å². The van der Waals surface area contributed by atoms with Crippen molar-refractivity contribution in [3.63, 3.8) is 0 Å². The minimum atomic E-state index is 0. The Kier molecular flexibility index (Phi) is 6.90. The highest BCUT2D eigenvalue weighted by Gasteiger charge is 2.09. The SMILES string of the molecule is CCC(C)NCc1ccc(-c2ccc(Cl)cc2Cl)o1.Cl. The average Bonchev–Trinajstić information content (AvgIpc) is 2.84. The quantitative estimate of drug-likeness (QED) is 0.774. The van der Waals surface area contributed by atoms with Crippen molar-refractivity contribution < 1.29 is 4.42 Å². The van der Waals surface area contributed by atoms with Crippen molar-refractivity contribution >= 4 is 35.6 Å². The van der Waals surface area contributed by atoms with Gasteiger partial charge < -0.3 is 9.73 Å². The molecule has 5 heteroatoms.